The minimum atomic E-state index is -3.01. The van der Waals surface area contributed by atoms with Crippen molar-refractivity contribution in [3.8, 4) is 23.0 Å². The highest BCUT2D eigenvalue weighted by Gasteiger charge is 2.39. The molecule has 3 aromatic rings. The molecule has 1 aromatic carbocycles. The lowest BCUT2D eigenvalue weighted by Gasteiger charge is -2.32. The zero-order valence-electron chi connectivity index (χ0n) is 22.0. The highest BCUT2D eigenvalue weighted by atomic mass is 32.2. The molecule has 3 heterocycles. The van der Waals surface area contributed by atoms with E-state index in [1.807, 2.05) is 35.2 Å². The maximum atomic E-state index is 14.7. The second-order valence-electron chi connectivity index (χ2n) is 10.3. The zero-order chi connectivity index (χ0) is 28.4. The van der Waals surface area contributed by atoms with Crippen molar-refractivity contribution >= 4 is 21.4 Å². The van der Waals surface area contributed by atoms with Crippen molar-refractivity contribution in [1.82, 2.24) is 20.1 Å². The first-order valence-corrected chi connectivity index (χ1v) is 15.1. The SMILES string of the molecule is C[C@@H](C#N)NC(=O)[C@@H]1C[C@@H](F)CC[C@H]1c1nn(-c2ncccc2F)cc1-c1ccc(N2CCS(=O)(=O)CC2)cc1.[HH]. The topological polar surface area (TPSA) is 121 Å². The van der Waals surface area contributed by atoms with Gasteiger partial charge in [0.2, 0.25) is 5.91 Å². The summed E-state index contributed by atoms with van der Waals surface area (Å²) in [6.45, 7) is 2.38. The molecule has 2 fully saturated rings. The number of aromatic nitrogens is 3. The molecule has 0 spiro atoms. The number of hydrogen-bond donors (Lipinski definition) is 1. The summed E-state index contributed by atoms with van der Waals surface area (Å²) in [4.78, 5) is 19.3. The molecule has 0 unspecified atom stereocenters. The van der Waals surface area contributed by atoms with Gasteiger partial charge in [0.1, 0.15) is 12.2 Å². The van der Waals surface area contributed by atoms with Gasteiger partial charge in [0.15, 0.2) is 21.5 Å². The van der Waals surface area contributed by atoms with Crippen LogP contribution >= 0.6 is 0 Å². The van der Waals surface area contributed by atoms with Crippen molar-refractivity contribution in [3.63, 3.8) is 0 Å². The molecule has 0 radical (unpaired) electrons. The lowest BCUT2D eigenvalue weighted by atomic mass is 9.74. The number of rotatable bonds is 6. The molecule has 1 N–H and O–H groups in total. The number of pyridine rings is 1. The van der Waals surface area contributed by atoms with E-state index in [1.54, 1.807) is 13.1 Å². The molecular formula is C28H32F2N6O3S. The van der Waals surface area contributed by atoms with Crippen LogP contribution in [-0.4, -0.2) is 65.9 Å². The van der Waals surface area contributed by atoms with Gasteiger partial charge in [-0.25, -0.2) is 26.9 Å². The largest absolute Gasteiger partial charge is 0.369 e. The van der Waals surface area contributed by atoms with Crippen LogP contribution in [0.4, 0.5) is 14.5 Å². The number of anilines is 1. The highest BCUT2D eigenvalue weighted by molar-refractivity contribution is 7.91. The smallest absolute Gasteiger partial charge is 0.224 e. The number of alkyl halides is 1. The van der Waals surface area contributed by atoms with Crippen LogP contribution < -0.4 is 10.2 Å². The summed E-state index contributed by atoms with van der Waals surface area (Å²) < 4.78 is 54.3. The number of hydrogen-bond acceptors (Lipinski definition) is 7. The van der Waals surface area contributed by atoms with Gasteiger partial charge in [-0.05, 0) is 56.0 Å². The monoisotopic (exact) mass is 570 g/mol. The van der Waals surface area contributed by atoms with E-state index in [2.05, 4.69) is 10.3 Å². The molecule has 5 rings (SSSR count). The zero-order valence-corrected chi connectivity index (χ0v) is 22.8. The van der Waals surface area contributed by atoms with Crippen molar-refractivity contribution in [2.75, 3.05) is 29.5 Å². The van der Waals surface area contributed by atoms with Crippen molar-refractivity contribution < 1.29 is 23.4 Å². The summed E-state index contributed by atoms with van der Waals surface area (Å²) in [6.07, 6.45) is 2.57. The van der Waals surface area contributed by atoms with E-state index in [-0.39, 0.29) is 31.6 Å². The van der Waals surface area contributed by atoms with E-state index in [4.69, 9.17) is 5.10 Å². The van der Waals surface area contributed by atoms with Crippen LogP contribution in [0.15, 0.2) is 48.8 Å². The predicted molar refractivity (Wildman–Crippen MR) is 148 cm³/mol. The summed E-state index contributed by atoms with van der Waals surface area (Å²) in [5, 5.41) is 16.5. The highest BCUT2D eigenvalue weighted by Crippen LogP contribution is 2.43. The molecule has 1 saturated carbocycles. The molecule has 1 amide bonds. The Morgan fingerprint density at radius 1 is 1.20 bits per heavy atom. The molecular weight excluding hydrogens is 538 g/mol. The predicted octanol–water partition coefficient (Wildman–Crippen LogP) is 3.80. The first kappa shape index (κ1) is 27.7. The van der Waals surface area contributed by atoms with Gasteiger partial charge in [-0.2, -0.15) is 10.4 Å². The molecule has 9 nitrogen and oxygen atoms in total. The van der Waals surface area contributed by atoms with Crippen molar-refractivity contribution in [3.05, 3.63) is 60.3 Å². The Morgan fingerprint density at radius 2 is 1.93 bits per heavy atom. The molecule has 212 valence electrons. The van der Waals surface area contributed by atoms with E-state index < -0.39 is 45.6 Å². The Labute approximate surface area is 233 Å². The molecule has 1 aliphatic carbocycles. The normalized spacial score (nSPS) is 23.2. The molecule has 2 aliphatic rings. The lowest BCUT2D eigenvalue weighted by Crippen LogP contribution is -2.41. The quantitative estimate of drug-likeness (QED) is 0.479. The first-order chi connectivity index (χ1) is 19.1. The van der Waals surface area contributed by atoms with Gasteiger partial charge in [-0.3, -0.25) is 4.79 Å². The molecule has 2 aromatic heterocycles. The molecule has 0 bridgehead atoms. The fourth-order valence-electron chi connectivity index (χ4n) is 5.45. The summed E-state index contributed by atoms with van der Waals surface area (Å²) in [5.41, 5.74) is 2.83. The Hall–Kier alpha value is -3.85. The van der Waals surface area contributed by atoms with Crippen LogP contribution in [0.2, 0.25) is 0 Å². The standard InChI is InChI=1S/C28H30F2N6O3S.H2/c1-18(16-31)33-28(37)23-15-20(29)6-9-22(23)26-24(17-36(34-26)27-25(30)3-2-10-32-27)19-4-7-21(8-5-19)35-11-13-40(38,39)14-12-35;/h2-5,7-8,10,17-18,20,22-23H,6,9,11-15H2,1H3,(H,33,37);1H/t18-,20-,22+,23+;/m0./s1. The van der Waals surface area contributed by atoms with Gasteiger partial charge >= 0.3 is 0 Å². The first-order valence-electron chi connectivity index (χ1n) is 13.3. The summed E-state index contributed by atoms with van der Waals surface area (Å²) in [5.74, 6) is -2.00. The fraction of sp³-hybridized carbons (Fsp3) is 0.429. The molecule has 40 heavy (non-hydrogen) atoms. The van der Waals surface area contributed by atoms with Gasteiger partial charge in [0.05, 0.1) is 23.3 Å². The van der Waals surface area contributed by atoms with Gasteiger partial charge in [0.25, 0.3) is 0 Å². The number of nitrogens with zero attached hydrogens (tertiary/aromatic N) is 5. The number of carbonyl (C=O) groups excluding carboxylic acids is 1. The number of carbonyl (C=O) groups is 1. The van der Waals surface area contributed by atoms with Gasteiger partial charge in [-0.15, -0.1) is 0 Å². The van der Waals surface area contributed by atoms with Crippen LogP contribution in [0.1, 0.15) is 39.2 Å². The number of amides is 1. The van der Waals surface area contributed by atoms with Crippen molar-refractivity contribution in [2.24, 2.45) is 5.92 Å². The number of nitriles is 1. The maximum Gasteiger partial charge on any atom is 0.224 e. The minimum Gasteiger partial charge on any atom is -0.369 e. The summed E-state index contributed by atoms with van der Waals surface area (Å²) >= 11 is 0. The number of halogens is 2. The van der Waals surface area contributed by atoms with E-state index in [0.717, 1.165) is 11.3 Å². The second kappa shape index (κ2) is 11.3. The Balaban J connectivity index is 0.00000387. The third-order valence-corrected chi connectivity index (χ3v) is 9.22. The number of sulfone groups is 1. The average Bonchev–Trinajstić information content (AvgIpc) is 3.38. The average molecular weight is 571 g/mol. The fourth-order valence-corrected chi connectivity index (χ4v) is 6.65. The maximum absolute atomic E-state index is 14.7. The Bertz CT molecular complexity index is 1530. The van der Waals surface area contributed by atoms with E-state index in [9.17, 15) is 27.3 Å². The van der Waals surface area contributed by atoms with Crippen LogP contribution in [-0.2, 0) is 14.6 Å². The number of nitrogens with one attached hydrogen (secondary N) is 1. The third kappa shape index (κ3) is 5.84. The van der Waals surface area contributed by atoms with Gasteiger partial charge < -0.3 is 10.2 Å². The van der Waals surface area contributed by atoms with Crippen LogP contribution in [0.5, 0.6) is 0 Å². The molecule has 1 aliphatic heterocycles. The summed E-state index contributed by atoms with van der Waals surface area (Å²) in [7, 11) is -3.01. The van der Waals surface area contributed by atoms with Crippen molar-refractivity contribution in [1.29, 1.82) is 5.26 Å². The third-order valence-electron chi connectivity index (χ3n) is 7.61. The minimum absolute atomic E-state index is 0. The van der Waals surface area contributed by atoms with E-state index in [1.165, 1.54) is 23.0 Å². The molecule has 12 heteroatoms. The van der Waals surface area contributed by atoms with Gasteiger partial charge in [-0.1, -0.05) is 12.1 Å². The second-order valence-corrected chi connectivity index (χ2v) is 12.7. The van der Waals surface area contributed by atoms with E-state index >= 15 is 0 Å². The van der Waals surface area contributed by atoms with Crippen LogP contribution in [0.3, 0.4) is 0 Å². The van der Waals surface area contributed by atoms with E-state index in [0.29, 0.717) is 30.8 Å². The van der Waals surface area contributed by atoms with Gasteiger partial charge in [0, 0.05) is 50.0 Å². The Kier molecular flexibility index (Phi) is 7.85. The molecule has 4 atom stereocenters. The lowest BCUT2D eigenvalue weighted by molar-refractivity contribution is -0.127. The Morgan fingerprint density at radius 3 is 2.60 bits per heavy atom. The van der Waals surface area contributed by atoms with Crippen molar-refractivity contribution in [2.45, 2.75) is 44.3 Å². The van der Waals surface area contributed by atoms with Crippen LogP contribution in [0.25, 0.3) is 16.9 Å². The summed E-state index contributed by atoms with van der Waals surface area (Å²) in [6, 6.07) is 11.6. The number of benzene rings is 1. The van der Waals surface area contributed by atoms with Crippen LogP contribution in [0, 0.1) is 23.1 Å². The molecule has 1 saturated heterocycles.